The fourth-order valence-corrected chi connectivity index (χ4v) is 4.69. The number of hydrogen-bond acceptors (Lipinski definition) is 3. The highest BCUT2D eigenvalue weighted by molar-refractivity contribution is 6.42. The minimum absolute atomic E-state index is 0.121. The molecule has 5 rings (SSSR count). The fraction of sp³-hybridized carbons (Fsp3) is 0.118. The van der Waals surface area contributed by atoms with Crippen LogP contribution in [-0.4, -0.2) is 27.6 Å². The maximum atomic E-state index is 14.2. The van der Waals surface area contributed by atoms with Gasteiger partial charge in [-0.1, -0.05) is 83.4 Å². The quantitative estimate of drug-likeness (QED) is 0.159. The number of benzene rings is 4. The summed E-state index contributed by atoms with van der Waals surface area (Å²) in [6, 6.07) is 27.2. The highest BCUT2D eigenvalue weighted by Gasteiger charge is 2.15. The summed E-state index contributed by atoms with van der Waals surface area (Å²) in [6.45, 7) is 2.75. The maximum Gasteiger partial charge on any atom is 0.246 e. The Hall–Kier alpha value is -4.39. The SMILES string of the molecule is Cc1ccc(-c2nn(Cc3ccccc3)cc2/C=C/C(=O)N(C)Cc2cc(F)ccc2Oc2ccc(Cl)c(Cl)c2)cc1. The molecule has 0 atom stereocenters. The molecule has 8 heteroatoms. The van der Waals surface area contributed by atoms with E-state index in [4.69, 9.17) is 33.0 Å². The van der Waals surface area contributed by atoms with E-state index in [-0.39, 0.29) is 12.5 Å². The molecule has 0 saturated carbocycles. The molecular weight excluding hydrogens is 572 g/mol. The zero-order chi connectivity index (χ0) is 29.6. The average molecular weight is 601 g/mol. The summed E-state index contributed by atoms with van der Waals surface area (Å²) in [5.41, 5.74) is 5.32. The monoisotopic (exact) mass is 599 g/mol. The van der Waals surface area contributed by atoms with Crippen LogP contribution in [0.25, 0.3) is 17.3 Å². The van der Waals surface area contributed by atoms with E-state index in [1.54, 1.807) is 31.3 Å². The molecule has 1 heterocycles. The molecule has 0 radical (unpaired) electrons. The first-order chi connectivity index (χ1) is 20.2. The Morgan fingerprint density at radius 3 is 2.48 bits per heavy atom. The van der Waals surface area contributed by atoms with Crippen molar-refractivity contribution in [1.82, 2.24) is 14.7 Å². The van der Waals surface area contributed by atoms with Crippen LogP contribution >= 0.6 is 23.2 Å². The third-order valence-corrected chi connectivity index (χ3v) is 7.37. The minimum atomic E-state index is -0.434. The van der Waals surface area contributed by atoms with Crippen molar-refractivity contribution in [2.24, 2.45) is 0 Å². The Balaban J connectivity index is 1.36. The molecule has 0 unspecified atom stereocenters. The van der Waals surface area contributed by atoms with Crippen LogP contribution in [0, 0.1) is 12.7 Å². The van der Waals surface area contributed by atoms with Gasteiger partial charge in [-0.05, 0) is 48.9 Å². The van der Waals surface area contributed by atoms with Crippen molar-refractivity contribution in [2.45, 2.75) is 20.0 Å². The highest BCUT2D eigenvalue weighted by Crippen LogP contribution is 2.32. The standard InChI is InChI=1S/C34H28Cl2FN3O2/c1-23-8-10-25(11-9-23)34-26(22-40(38-34)20-24-6-4-3-5-7-24)12-17-33(41)39(2)21-27-18-28(37)13-16-32(27)42-29-14-15-30(35)31(36)19-29/h3-19,22H,20-21H2,1-2H3/b17-12+. The van der Waals surface area contributed by atoms with Crippen molar-refractivity contribution < 1.29 is 13.9 Å². The summed E-state index contributed by atoms with van der Waals surface area (Å²) in [6.07, 6.45) is 5.20. The van der Waals surface area contributed by atoms with Gasteiger partial charge in [0.15, 0.2) is 0 Å². The van der Waals surface area contributed by atoms with Crippen LogP contribution in [0.2, 0.25) is 10.0 Å². The molecule has 1 amide bonds. The fourth-order valence-electron chi connectivity index (χ4n) is 4.41. The van der Waals surface area contributed by atoms with Gasteiger partial charge < -0.3 is 9.64 Å². The van der Waals surface area contributed by atoms with Gasteiger partial charge in [0.1, 0.15) is 17.3 Å². The van der Waals surface area contributed by atoms with Gasteiger partial charge in [-0.3, -0.25) is 9.48 Å². The molecule has 1 aromatic heterocycles. The second kappa shape index (κ2) is 13.1. The Kier molecular flexibility index (Phi) is 9.06. The van der Waals surface area contributed by atoms with E-state index in [0.717, 1.165) is 27.9 Å². The number of aryl methyl sites for hydroxylation is 1. The number of hydrogen-bond donors (Lipinski definition) is 0. The van der Waals surface area contributed by atoms with Gasteiger partial charge in [-0.25, -0.2) is 4.39 Å². The van der Waals surface area contributed by atoms with Crippen molar-refractivity contribution in [3.8, 4) is 22.8 Å². The minimum Gasteiger partial charge on any atom is -0.457 e. The van der Waals surface area contributed by atoms with Gasteiger partial charge in [-0.2, -0.15) is 5.10 Å². The number of carbonyl (C=O) groups excluding carboxylic acids is 1. The molecular formula is C34H28Cl2FN3O2. The number of likely N-dealkylation sites (N-methyl/N-ethyl adjacent to an activating group) is 1. The number of halogens is 3. The van der Waals surface area contributed by atoms with Crippen LogP contribution in [0.5, 0.6) is 11.5 Å². The molecule has 5 aromatic rings. The van der Waals surface area contributed by atoms with Crippen LogP contribution in [-0.2, 0) is 17.9 Å². The highest BCUT2D eigenvalue weighted by atomic mass is 35.5. The molecule has 0 fully saturated rings. The third kappa shape index (κ3) is 7.27. The first kappa shape index (κ1) is 29.1. The van der Waals surface area contributed by atoms with Gasteiger partial charge in [0.25, 0.3) is 0 Å². The first-order valence-corrected chi connectivity index (χ1v) is 14.0. The molecule has 0 bridgehead atoms. The molecule has 0 aliphatic carbocycles. The predicted octanol–water partition coefficient (Wildman–Crippen LogP) is 8.82. The predicted molar refractivity (Wildman–Crippen MR) is 166 cm³/mol. The van der Waals surface area contributed by atoms with Crippen LogP contribution < -0.4 is 4.74 Å². The number of rotatable bonds is 9. The normalized spacial score (nSPS) is 11.2. The van der Waals surface area contributed by atoms with E-state index in [2.05, 4.69) is 0 Å². The Labute approximate surface area is 254 Å². The summed E-state index contributed by atoms with van der Waals surface area (Å²) < 4.78 is 22.0. The number of amides is 1. The van der Waals surface area contributed by atoms with Gasteiger partial charge in [0.05, 0.1) is 22.3 Å². The zero-order valence-corrected chi connectivity index (χ0v) is 24.6. The van der Waals surface area contributed by atoms with Crippen molar-refractivity contribution in [2.75, 3.05) is 7.05 Å². The molecule has 42 heavy (non-hydrogen) atoms. The lowest BCUT2D eigenvalue weighted by Gasteiger charge is -2.18. The van der Waals surface area contributed by atoms with E-state index in [1.165, 1.54) is 29.2 Å². The third-order valence-electron chi connectivity index (χ3n) is 6.63. The Bertz CT molecular complexity index is 1730. The summed E-state index contributed by atoms with van der Waals surface area (Å²) >= 11 is 12.1. The summed E-state index contributed by atoms with van der Waals surface area (Å²) in [4.78, 5) is 14.7. The smallest absolute Gasteiger partial charge is 0.246 e. The number of carbonyl (C=O) groups is 1. The van der Waals surface area contributed by atoms with Gasteiger partial charge in [0, 0.05) is 48.6 Å². The maximum absolute atomic E-state index is 14.2. The molecule has 0 saturated heterocycles. The van der Waals surface area contributed by atoms with Gasteiger partial charge in [-0.15, -0.1) is 0 Å². The van der Waals surface area contributed by atoms with Crippen molar-refractivity contribution in [1.29, 1.82) is 0 Å². The van der Waals surface area contributed by atoms with Crippen LogP contribution in [0.4, 0.5) is 4.39 Å². The first-order valence-electron chi connectivity index (χ1n) is 13.3. The second-order valence-corrected chi connectivity index (χ2v) is 10.8. The molecule has 212 valence electrons. The topological polar surface area (TPSA) is 47.4 Å². The van der Waals surface area contributed by atoms with Crippen LogP contribution in [0.3, 0.4) is 0 Å². The Morgan fingerprint density at radius 2 is 1.74 bits per heavy atom. The van der Waals surface area contributed by atoms with E-state index in [0.29, 0.717) is 33.7 Å². The zero-order valence-electron chi connectivity index (χ0n) is 23.1. The van der Waals surface area contributed by atoms with E-state index in [9.17, 15) is 9.18 Å². The largest absolute Gasteiger partial charge is 0.457 e. The lowest BCUT2D eigenvalue weighted by molar-refractivity contribution is -0.125. The molecule has 5 nitrogen and oxygen atoms in total. The van der Waals surface area contributed by atoms with Gasteiger partial charge >= 0.3 is 0 Å². The summed E-state index contributed by atoms with van der Waals surface area (Å²) in [5.74, 6) is 0.159. The summed E-state index contributed by atoms with van der Waals surface area (Å²) in [5, 5.41) is 5.57. The molecule has 0 aliphatic heterocycles. The van der Waals surface area contributed by atoms with E-state index >= 15 is 0 Å². The van der Waals surface area contributed by atoms with Crippen LogP contribution in [0.15, 0.2) is 103 Å². The second-order valence-electron chi connectivity index (χ2n) is 9.94. The Morgan fingerprint density at radius 1 is 0.976 bits per heavy atom. The number of aromatic nitrogens is 2. The number of nitrogens with zero attached hydrogens (tertiary/aromatic N) is 3. The molecule has 0 N–H and O–H groups in total. The van der Waals surface area contributed by atoms with E-state index < -0.39 is 5.82 Å². The van der Waals surface area contributed by atoms with Crippen molar-refractivity contribution >= 4 is 35.2 Å². The molecule has 4 aromatic carbocycles. The average Bonchev–Trinajstić information content (AvgIpc) is 3.38. The lowest BCUT2D eigenvalue weighted by atomic mass is 10.1. The molecule has 0 aliphatic rings. The van der Waals surface area contributed by atoms with Crippen molar-refractivity contribution in [3.05, 3.63) is 141 Å². The van der Waals surface area contributed by atoms with Gasteiger partial charge in [0.2, 0.25) is 5.91 Å². The van der Waals surface area contributed by atoms with Crippen LogP contribution in [0.1, 0.15) is 22.3 Å². The van der Waals surface area contributed by atoms with E-state index in [1.807, 2.05) is 72.4 Å². The van der Waals surface area contributed by atoms with Crippen molar-refractivity contribution in [3.63, 3.8) is 0 Å². The molecule has 0 spiro atoms. The lowest BCUT2D eigenvalue weighted by Crippen LogP contribution is -2.24. The summed E-state index contributed by atoms with van der Waals surface area (Å²) in [7, 11) is 1.65. The number of ether oxygens (including phenoxy) is 1.